The van der Waals surface area contributed by atoms with Gasteiger partial charge in [0.25, 0.3) is 0 Å². The standard InChI is InChI=1S/C16H21F3N4O3/c1-9(21-14(25)20-8-13(24)16(17,18)19)10-2-4-11(5-3-10)22-15(26)23-12-6-7-12/h2-5,9,12-13,24H,6-8H2,1H3,(H2,20,21,25)(H2,22,23,26)/t9-,13-/m1/s1. The molecule has 0 heterocycles. The van der Waals surface area contributed by atoms with Gasteiger partial charge in [0.15, 0.2) is 6.10 Å². The molecule has 26 heavy (non-hydrogen) atoms. The van der Waals surface area contributed by atoms with Crippen molar-refractivity contribution in [1.29, 1.82) is 0 Å². The Morgan fingerprint density at radius 3 is 2.35 bits per heavy atom. The van der Waals surface area contributed by atoms with Gasteiger partial charge >= 0.3 is 18.2 Å². The topological polar surface area (TPSA) is 102 Å². The number of hydrogen-bond donors (Lipinski definition) is 5. The van der Waals surface area contributed by atoms with Gasteiger partial charge in [0, 0.05) is 11.7 Å². The average Bonchev–Trinajstić information content (AvgIpc) is 3.36. The molecule has 4 amide bonds. The maximum atomic E-state index is 12.2. The van der Waals surface area contributed by atoms with Crippen LogP contribution in [0.1, 0.15) is 31.4 Å². The number of alkyl halides is 3. The number of amides is 4. The van der Waals surface area contributed by atoms with E-state index in [4.69, 9.17) is 5.11 Å². The Morgan fingerprint density at radius 2 is 1.81 bits per heavy atom. The van der Waals surface area contributed by atoms with Crippen LogP contribution in [0.25, 0.3) is 0 Å². The molecular weight excluding hydrogens is 353 g/mol. The number of halogens is 3. The van der Waals surface area contributed by atoms with Crippen LogP contribution in [0, 0.1) is 0 Å². The Bertz CT molecular complexity index is 633. The van der Waals surface area contributed by atoms with Gasteiger partial charge in [-0.15, -0.1) is 0 Å². The number of hydrogen-bond acceptors (Lipinski definition) is 3. The number of benzene rings is 1. The number of urea groups is 2. The van der Waals surface area contributed by atoms with Crippen LogP contribution in [-0.4, -0.2) is 42.0 Å². The summed E-state index contributed by atoms with van der Waals surface area (Å²) in [6.45, 7) is 0.725. The average molecular weight is 374 g/mol. The highest BCUT2D eigenvalue weighted by Crippen LogP contribution is 2.20. The molecule has 0 spiro atoms. The Hall–Kier alpha value is -2.49. The lowest BCUT2D eigenvalue weighted by molar-refractivity contribution is -0.201. The summed E-state index contributed by atoms with van der Waals surface area (Å²) in [7, 11) is 0. The van der Waals surface area contributed by atoms with Crippen LogP contribution in [0.3, 0.4) is 0 Å². The SMILES string of the molecule is C[C@@H](NC(=O)NC[C@@H](O)C(F)(F)F)c1ccc(NC(=O)NC2CC2)cc1. The van der Waals surface area contributed by atoms with Crippen molar-refractivity contribution in [2.75, 3.05) is 11.9 Å². The molecule has 2 atom stereocenters. The first-order chi connectivity index (χ1) is 12.1. The van der Waals surface area contributed by atoms with Crippen LogP contribution in [-0.2, 0) is 0 Å². The normalized spacial score (nSPS) is 16.3. The van der Waals surface area contributed by atoms with Gasteiger partial charge in [-0.3, -0.25) is 0 Å². The number of carbonyl (C=O) groups is 2. The van der Waals surface area contributed by atoms with Gasteiger partial charge in [-0.2, -0.15) is 13.2 Å². The minimum Gasteiger partial charge on any atom is -0.382 e. The van der Waals surface area contributed by atoms with Crippen molar-refractivity contribution < 1.29 is 27.9 Å². The molecule has 0 saturated heterocycles. The van der Waals surface area contributed by atoms with E-state index in [0.717, 1.165) is 12.8 Å². The highest BCUT2D eigenvalue weighted by molar-refractivity contribution is 5.89. The summed E-state index contributed by atoms with van der Waals surface area (Å²) in [4.78, 5) is 23.2. The van der Waals surface area contributed by atoms with Crippen molar-refractivity contribution in [2.45, 2.75) is 44.1 Å². The highest BCUT2D eigenvalue weighted by Gasteiger charge is 2.38. The summed E-state index contributed by atoms with van der Waals surface area (Å²) < 4.78 is 36.5. The third-order valence-corrected chi connectivity index (χ3v) is 3.76. The van der Waals surface area contributed by atoms with Gasteiger partial charge < -0.3 is 26.4 Å². The van der Waals surface area contributed by atoms with E-state index in [-0.39, 0.29) is 12.1 Å². The van der Waals surface area contributed by atoms with E-state index in [2.05, 4.69) is 16.0 Å². The molecule has 0 aromatic heterocycles. The molecule has 0 bridgehead atoms. The van der Waals surface area contributed by atoms with Crippen LogP contribution < -0.4 is 21.3 Å². The third-order valence-electron chi connectivity index (χ3n) is 3.76. The smallest absolute Gasteiger partial charge is 0.382 e. The maximum absolute atomic E-state index is 12.2. The van der Waals surface area contributed by atoms with Gasteiger partial charge in [0.05, 0.1) is 12.6 Å². The summed E-state index contributed by atoms with van der Waals surface area (Å²) in [6.07, 6.45) is -5.43. The molecule has 2 rings (SSSR count). The number of aliphatic hydroxyl groups is 1. The fourth-order valence-electron chi connectivity index (χ4n) is 2.07. The number of anilines is 1. The van der Waals surface area contributed by atoms with E-state index >= 15 is 0 Å². The number of nitrogens with one attached hydrogen (secondary N) is 4. The first kappa shape index (κ1) is 19.8. The summed E-state index contributed by atoms with van der Waals surface area (Å²) >= 11 is 0. The Balaban J connectivity index is 1.78. The van der Waals surface area contributed by atoms with E-state index in [1.807, 2.05) is 5.32 Å². The Labute approximate surface area is 148 Å². The maximum Gasteiger partial charge on any atom is 0.416 e. The molecule has 0 unspecified atom stereocenters. The summed E-state index contributed by atoms with van der Waals surface area (Å²) in [5.41, 5.74) is 1.28. The van der Waals surface area contributed by atoms with E-state index in [1.54, 1.807) is 31.2 Å². The zero-order chi connectivity index (χ0) is 19.3. The van der Waals surface area contributed by atoms with Crippen LogP contribution >= 0.6 is 0 Å². The molecule has 7 nitrogen and oxygen atoms in total. The van der Waals surface area contributed by atoms with Gasteiger partial charge in [-0.05, 0) is 37.5 Å². The third kappa shape index (κ3) is 6.43. The van der Waals surface area contributed by atoms with Crippen molar-refractivity contribution in [3.63, 3.8) is 0 Å². The van der Waals surface area contributed by atoms with Gasteiger partial charge in [0.2, 0.25) is 0 Å². The van der Waals surface area contributed by atoms with Crippen molar-refractivity contribution in [3.05, 3.63) is 29.8 Å². The highest BCUT2D eigenvalue weighted by atomic mass is 19.4. The van der Waals surface area contributed by atoms with Gasteiger partial charge in [-0.25, -0.2) is 9.59 Å². The lowest BCUT2D eigenvalue weighted by atomic mass is 10.1. The molecule has 5 N–H and O–H groups in total. The second-order valence-electron chi connectivity index (χ2n) is 6.13. The predicted molar refractivity (Wildman–Crippen MR) is 88.6 cm³/mol. The van der Waals surface area contributed by atoms with Crippen molar-refractivity contribution >= 4 is 17.7 Å². The molecule has 1 aliphatic rings. The zero-order valence-electron chi connectivity index (χ0n) is 14.1. The van der Waals surface area contributed by atoms with Crippen LogP contribution in [0.4, 0.5) is 28.4 Å². The molecule has 144 valence electrons. The molecule has 1 saturated carbocycles. The Kier molecular flexibility index (Phi) is 6.30. The summed E-state index contributed by atoms with van der Waals surface area (Å²) in [5.74, 6) is 0. The monoisotopic (exact) mass is 374 g/mol. The summed E-state index contributed by atoms with van der Waals surface area (Å²) in [6, 6.07) is 5.34. The summed E-state index contributed by atoms with van der Waals surface area (Å²) in [5, 5.41) is 18.7. The fourth-order valence-corrected chi connectivity index (χ4v) is 2.07. The first-order valence-corrected chi connectivity index (χ1v) is 8.12. The Morgan fingerprint density at radius 1 is 1.19 bits per heavy atom. The van der Waals surface area contributed by atoms with Crippen LogP contribution in [0.5, 0.6) is 0 Å². The van der Waals surface area contributed by atoms with E-state index in [1.165, 1.54) is 0 Å². The van der Waals surface area contributed by atoms with Crippen molar-refractivity contribution in [1.82, 2.24) is 16.0 Å². The lowest BCUT2D eigenvalue weighted by Gasteiger charge is -2.18. The van der Waals surface area contributed by atoms with Gasteiger partial charge in [0.1, 0.15) is 0 Å². The molecule has 0 aliphatic heterocycles. The molecule has 1 aliphatic carbocycles. The predicted octanol–water partition coefficient (Wildman–Crippen LogP) is 2.25. The van der Waals surface area contributed by atoms with Gasteiger partial charge in [-0.1, -0.05) is 12.1 Å². The van der Waals surface area contributed by atoms with Crippen molar-refractivity contribution in [3.8, 4) is 0 Å². The van der Waals surface area contributed by atoms with Crippen LogP contribution in [0.15, 0.2) is 24.3 Å². The zero-order valence-corrected chi connectivity index (χ0v) is 14.1. The first-order valence-electron chi connectivity index (χ1n) is 8.12. The largest absolute Gasteiger partial charge is 0.416 e. The van der Waals surface area contributed by atoms with Crippen LogP contribution in [0.2, 0.25) is 0 Å². The molecular formula is C16H21F3N4O3. The molecule has 1 aromatic carbocycles. The quantitative estimate of drug-likeness (QED) is 0.528. The second kappa shape index (κ2) is 8.26. The number of rotatable bonds is 6. The number of carbonyl (C=O) groups excluding carboxylic acids is 2. The van der Waals surface area contributed by atoms with E-state index < -0.39 is 30.9 Å². The van der Waals surface area contributed by atoms with E-state index in [0.29, 0.717) is 11.3 Å². The molecule has 10 heteroatoms. The molecule has 1 fully saturated rings. The minimum absolute atomic E-state index is 0.243. The molecule has 0 radical (unpaired) electrons. The number of aliphatic hydroxyl groups excluding tert-OH is 1. The van der Waals surface area contributed by atoms with Crippen molar-refractivity contribution in [2.24, 2.45) is 0 Å². The fraction of sp³-hybridized carbons (Fsp3) is 0.500. The lowest BCUT2D eigenvalue weighted by Crippen LogP contribution is -2.45. The molecule has 1 aromatic rings. The second-order valence-corrected chi connectivity index (χ2v) is 6.13. The minimum atomic E-state index is -4.78. The van der Waals surface area contributed by atoms with E-state index in [9.17, 15) is 22.8 Å².